The van der Waals surface area contributed by atoms with Crippen molar-refractivity contribution in [2.24, 2.45) is 10.3 Å². The third kappa shape index (κ3) is 6.07. The predicted molar refractivity (Wildman–Crippen MR) is 112 cm³/mol. The summed E-state index contributed by atoms with van der Waals surface area (Å²) in [5, 5.41) is 10.4. The minimum Gasteiger partial charge on any atom is -0.398 e. The van der Waals surface area contributed by atoms with Crippen LogP contribution >= 0.6 is 0 Å². The average molecular weight is 435 g/mol. The van der Waals surface area contributed by atoms with E-state index in [-0.39, 0.29) is 12.3 Å². The lowest BCUT2D eigenvalue weighted by molar-refractivity contribution is -0.137. The number of hydrogen-bond donors (Lipinski definition) is 1. The SMILES string of the molecule is CC/C(=N\OCc1c(C)cccc1/C(=N\OC)C(=O)NC)c1cccc(C(F)(F)F)c1. The number of hydrogen-bond acceptors (Lipinski definition) is 5. The van der Waals surface area contributed by atoms with E-state index in [0.717, 1.165) is 17.7 Å². The fourth-order valence-corrected chi connectivity index (χ4v) is 2.91. The van der Waals surface area contributed by atoms with Crippen LogP contribution in [-0.2, 0) is 27.3 Å². The zero-order valence-electron chi connectivity index (χ0n) is 17.7. The van der Waals surface area contributed by atoms with Gasteiger partial charge in [-0.1, -0.05) is 47.6 Å². The number of carbonyl (C=O) groups is 1. The van der Waals surface area contributed by atoms with Crippen LogP contribution in [0, 0.1) is 6.92 Å². The standard InChI is InChI=1S/C22H24F3N3O3/c1-5-19(15-9-7-10-16(12-15)22(23,24)25)27-31-13-18-14(2)8-6-11-17(18)20(28-30-4)21(29)26-3/h6-12H,5,13H2,1-4H3,(H,26,29)/b27-19+,28-20+. The maximum atomic E-state index is 13.0. The highest BCUT2D eigenvalue weighted by molar-refractivity contribution is 6.45. The lowest BCUT2D eigenvalue weighted by Crippen LogP contribution is -2.29. The van der Waals surface area contributed by atoms with Gasteiger partial charge in [-0.2, -0.15) is 13.2 Å². The van der Waals surface area contributed by atoms with Crippen LogP contribution in [0.5, 0.6) is 0 Å². The Morgan fingerprint density at radius 3 is 2.45 bits per heavy atom. The fourth-order valence-electron chi connectivity index (χ4n) is 2.91. The van der Waals surface area contributed by atoms with Gasteiger partial charge in [-0.25, -0.2) is 0 Å². The summed E-state index contributed by atoms with van der Waals surface area (Å²) in [5.74, 6) is -0.435. The minimum atomic E-state index is -4.44. The lowest BCUT2D eigenvalue weighted by atomic mass is 9.98. The quantitative estimate of drug-likeness (QED) is 0.492. The molecular weight excluding hydrogens is 411 g/mol. The fraction of sp³-hybridized carbons (Fsp3) is 0.318. The third-order valence-electron chi connectivity index (χ3n) is 4.53. The summed E-state index contributed by atoms with van der Waals surface area (Å²) in [5.41, 5.74) is 2.02. The Hall–Kier alpha value is -3.36. The molecule has 2 rings (SSSR count). The van der Waals surface area contributed by atoms with E-state index in [4.69, 9.17) is 9.68 Å². The van der Waals surface area contributed by atoms with Gasteiger partial charge in [-0.3, -0.25) is 4.79 Å². The molecule has 166 valence electrons. The second-order valence-electron chi connectivity index (χ2n) is 6.55. The average Bonchev–Trinajstić information content (AvgIpc) is 2.75. The van der Waals surface area contributed by atoms with E-state index < -0.39 is 17.6 Å². The Kier molecular flexibility index (Phi) is 8.18. The predicted octanol–water partition coefficient (Wildman–Crippen LogP) is 4.44. The molecule has 0 unspecified atom stereocenters. The van der Waals surface area contributed by atoms with Crippen molar-refractivity contribution < 1.29 is 27.6 Å². The molecule has 31 heavy (non-hydrogen) atoms. The summed E-state index contributed by atoms with van der Waals surface area (Å²) in [6.45, 7) is 3.61. The van der Waals surface area contributed by atoms with E-state index in [1.165, 1.54) is 20.2 Å². The highest BCUT2D eigenvalue weighted by atomic mass is 19.4. The molecular formula is C22H24F3N3O3. The summed E-state index contributed by atoms with van der Waals surface area (Å²) < 4.78 is 39.0. The molecule has 0 spiro atoms. The maximum absolute atomic E-state index is 13.0. The highest BCUT2D eigenvalue weighted by Gasteiger charge is 2.30. The Labute approximate surface area is 178 Å². The van der Waals surface area contributed by atoms with Crippen LogP contribution in [0.4, 0.5) is 13.2 Å². The van der Waals surface area contributed by atoms with Crippen LogP contribution in [0.15, 0.2) is 52.8 Å². The summed E-state index contributed by atoms with van der Waals surface area (Å²) in [7, 11) is 2.81. The largest absolute Gasteiger partial charge is 0.416 e. The summed E-state index contributed by atoms with van der Waals surface area (Å²) >= 11 is 0. The Morgan fingerprint density at radius 1 is 1.13 bits per heavy atom. The first-order chi connectivity index (χ1) is 14.7. The normalized spacial score (nSPS) is 12.5. The molecule has 2 aromatic carbocycles. The van der Waals surface area contributed by atoms with Crippen molar-refractivity contribution >= 4 is 17.3 Å². The Morgan fingerprint density at radius 2 is 1.84 bits per heavy atom. The summed E-state index contributed by atoms with van der Waals surface area (Å²) in [4.78, 5) is 22.5. The van der Waals surface area contributed by atoms with Gasteiger partial charge < -0.3 is 15.0 Å². The van der Waals surface area contributed by atoms with E-state index in [1.54, 1.807) is 25.1 Å². The number of likely N-dealkylation sites (N-methyl/N-ethyl adjacent to an activating group) is 1. The van der Waals surface area contributed by atoms with Gasteiger partial charge in [0.1, 0.15) is 13.7 Å². The molecule has 0 saturated heterocycles. The molecule has 0 aromatic heterocycles. The van der Waals surface area contributed by atoms with Crippen LogP contribution in [0.2, 0.25) is 0 Å². The number of nitrogens with zero attached hydrogens (tertiary/aromatic N) is 2. The first-order valence-electron chi connectivity index (χ1n) is 9.51. The van der Waals surface area contributed by atoms with E-state index in [9.17, 15) is 18.0 Å². The number of benzene rings is 2. The van der Waals surface area contributed by atoms with Crippen LogP contribution in [0.3, 0.4) is 0 Å². The second kappa shape index (κ2) is 10.6. The summed E-state index contributed by atoms with van der Waals surface area (Å²) in [6, 6.07) is 10.2. The molecule has 0 heterocycles. The third-order valence-corrected chi connectivity index (χ3v) is 4.53. The number of carbonyl (C=O) groups excluding carboxylic acids is 1. The van der Waals surface area contributed by atoms with Crippen LogP contribution < -0.4 is 5.32 Å². The Balaban J connectivity index is 2.33. The molecule has 0 bridgehead atoms. The van der Waals surface area contributed by atoms with Crippen molar-refractivity contribution in [3.05, 3.63) is 70.3 Å². The molecule has 1 N–H and O–H groups in total. The number of aryl methyl sites for hydroxylation is 1. The van der Waals surface area contributed by atoms with Gasteiger partial charge in [-0.05, 0) is 36.6 Å². The van der Waals surface area contributed by atoms with Gasteiger partial charge in [0.25, 0.3) is 5.91 Å². The van der Waals surface area contributed by atoms with E-state index in [2.05, 4.69) is 15.6 Å². The zero-order chi connectivity index (χ0) is 23.0. The topological polar surface area (TPSA) is 72.3 Å². The van der Waals surface area contributed by atoms with E-state index in [1.807, 2.05) is 13.0 Å². The molecule has 0 aliphatic rings. The molecule has 0 aliphatic heterocycles. The molecule has 0 aliphatic carbocycles. The number of oxime groups is 2. The Bertz CT molecular complexity index is 985. The van der Waals surface area contributed by atoms with Gasteiger partial charge in [0, 0.05) is 18.2 Å². The van der Waals surface area contributed by atoms with Crippen LogP contribution in [0.1, 0.15) is 41.2 Å². The molecule has 0 saturated carbocycles. The van der Waals surface area contributed by atoms with Crippen molar-refractivity contribution in [3.63, 3.8) is 0 Å². The van der Waals surface area contributed by atoms with Crippen LogP contribution in [-0.4, -0.2) is 31.5 Å². The molecule has 0 radical (unpaired) electrons. The number of rotatable bonds is 8. The number of alkyl halides is 3. The van der Waals surface area contributed by atoms with Crippen molar-refractivity contribution in [1.29, 1.82) is 0 Å². The lowest BCUT2D eigenvalue weighted by Gasteiger charge is -2.13. The van der Waals surface area contributed by atoms with Gasteiger partial charge >= 0.3 is 6.18 Å². The second-order valence-corrected chi connectivity index (χ2v) is 6.55. The number of halogens is 3. The molecule has 0 atom stereocenters. The van der Waals surface area contributed by atoms with E-state index >= 15 is 0 Å². The van der Waals surface area contributed by atoms with Gasteiger partial charge in [-0.15, -0.1) is 0 Å². The highest BCUT2D eigenvalue weighted by Crippen LogP contribution is 2.30. The smallest absolute Gasteiger partial charge is 0.398 e. The van der Waals surface area contributed by atoms with Gasteiger partial charge in [0.15, 0.2) is 5.71 Å². The number of amides is 1. The van der Waals surface area contributed by atoms with Crippen molar-refractivity contribution in [3.8, 4) is 0 Å². The minimum absolute atomic E-state index is 0.00973. The van der Waals surface area contributed by atoms with Gasteiger partial charge in [0.05, 0.1) is 11.3 Å². The molecule has 2 aromatic rings. The van der Waals surface area contributed by atoms with E-state index in [0.29, 0.717) is 28.8 Å². The molecule has 9 heteroatoms. The molecule has 1 amide bonds. The monoisotopic (exact) mass is 435 g/mol. The van der Waals surface area contributed by atoms with Crippen molar-refractivity contribution in [2.75, 3.05) is 14.2 Å². The van der Waals surface area contributed by atoms with Crippen molar-refractivity contribution in [1.82, 2.24) is 5.32 Å². The summed E-state index contributed by atoms with van der Waals surface area (Å²) in [6.07, 6.45) is -4.07. The van der Waals surface area contributed by atoms with Crippen LogP contribution in [0.25, 0.3) is 0 Å². The molecule has 0 fully saturated rings. The first kappa shape index (κ1) is 23.9. The zero-order valence-corrected chi connectivity index (χ0v) is 17.7. The number of nitrogens with one attached hydrogen (secondary N) is 1. The first-order valence-corrected chi connectivity index (χ1v) is 9.51. The molecule has 6 nitrogen and oxygen atoms in total. The van der Waals surface area contributed by atoms with Crippen molar-refractivity contribution in [2.45, 2.75) is 33.1 Å². The van der Waals surface area contributed by atoms with Gasteiger partial charge in [0.2, 0.25) is 0 Å². The maximum Gasteiger partial charge on any atom is 0.416 e.